The maximum atomic E-state index is 6.14. The van der Waals surface area contributed by atoms with Gasteiger partial charge in [-0.15, -0.1) is 11.6 Å². The molecule has 0 heterocycles. The Morgan fingerprint density at radius 2 is 1.54 bits per heavy atom. The highest BCUT2D eigenvalue weighted by Crippen LogP contribution is 2.18. The van der Waals surface area contributed by atoms with Gasteiger partial charge in [0.25, 0.3) is 0 Å². The molecule has 0 aromatic rings. The molecule has 2 unspecified atom stereocenters. The Morgan fingerprint density at radius 1 is 0.923 bits per heavy atom. The summed E-state index contributed by atoms with van der Waals surface area (Å²) in [5, 5.41) is 0.429. The lowest BCUT2D eigenvalue weighted by Gasteiger charge is -2.11. The van der Waals surface area contributed by atoms with Crippen molar-refractivity contribution < 1.29 is 0 Å². The molecule has 0 amide bonds. The minimum Gasteiger partial charge on any atom is -0.123 e. The fourth-order valence-corrected chi connectivity index (χ4v) is 2.16. The zero-order chi connectivity index (χ0) is 10.1. The van der Waals surface area contributed by atoms with Crippen LogP contribution in [0.1, 0.15) is 65.7 Å². The predicted octanol–water partition coefficient (Wildman–Crippen LogP) is 5.00. The molecule has 0 spiro atoms. The molecule has 13 heavy (non-hydrogen) atoms. The molecular weight excluding hydrogens is 180 g/mol. The minimum atomic E-state index is 0.429. The van der Waals surface area contributed by atoms with E-state index in [1.54, 1.807) is 0 Å². The molecule has 0 saturated heterocycles. The molecule has 0 bridgehead atoms. The molecule has 80 valence electrons. The molecular formula is C12H25Cl. The van der Waals surface area contributed by atoms with E-state index in [0.717, 1.165) is 5.92 Å². The van der Waals surface area contributed by atoms with Gasteiger partial charge in [0, 0.05) is 5.38 Å². The van der Waals surface area contributed by atoms with E-state index in [0.29, 0.717) is 5.38 Å². The Labute approximate surface area is 89.1 Å². The van der Waals surface area contributed by atoms with Crippen molar-refractivity contribution in [2.45, 2.75) is 71.1 Å². The highest BCUT2D eigenvalue weighted by atomic mass is 35.5. The van der Waals surface area contributed by atoms with Crippen LogP contribution in [0.5, 0.6) is 0 Å². The zero-order valence-electron chi connectivity index (χ0n) is 9.48. The van der Waals surface area contributed by atoms with Crippen molar-refractivity contribution in [1.29, 1.82) is 0 Å². The highest BCUT2D eigenvalue weighted by molar-refractivity contribution is 6.20. The maximum Gasteiger partial charge on any atom is 0.0336 e. The molecule has 0 nitrogen and oxygen atoms in total. The van der Waals surface area contributed by atoms with Gasteiger partial charge in [0.2, 0.25) is 0 Å². The summed E-state index contributed by atoms with van der Waals surface area (Å²) < 4.78 is 0. The summed E-state index contributed by atoms with van der Waals surface area (Å²) in [5.74, 6) is 0.899. The smallest absolute Gasteiger partial charge is 0.0336 e. The second kappa shape index (κ2) is 8.87. The van der Waals surface area contributed by atoms with Gasteiger partial charge in [-0.05, 0) is 18.8 Å². The minimum absolute atomic E-state index is 0.429. The first-order valence-corrected chi connectivity index (χ1v) is 6.28. The number of halogens is 1. The first-order chi connectivity index (χ1) is 6.20. The first kappa shape index (κ1) is 13.3. The van der Waals surface area contributed by atoms with Gasteiger partial charge in [0.1, 0.15) is 0 Å². The SMILES string of the molecule is CCCC(C)CCCC(Cl)CCC. The summed E-state index contributed by atoms with van der Waals surface area (Å²) in [6.07, 6.45) is 8.99. The van der Waals surface area contributed by atoms with E-state index in [2.05, 4.69) is 20.8 Å². The Hall–Kier alpha value is 0.290. The highest BCUT2D eigenvalue weighted by Gasteiger charge is 2.05. The molecule has 0 aliphatic rings. The fraction of sp³-hybridized carbons (Fsp3) is 1.00. The van der Waals surface area contributed by atoms with Crippen molar-refractivity contribution >= 4 is 11.6 Å². The summed E-state index contributed by atoms with van der Waals surface area (Å²) in [6, 6.07) is 0. The van der Waals surface area contributed by atoms with E-state index in [9.17, 15) is 0 Å². The van der Waals surface area contributed by atoms with Crippen LogP contribution < -0.4 is 0 Å². The lowest BCUT2D eigenvalue weighted by molar-refractivity contribution is 0.454. The Bertz CT molecular complexity index is 89.3. The first-order valence-electron chi connectivity index (χ1n) is 5.84. The summed E-state index contributed by atoms with van der Waals surface area (Å²) >= 11 is 6.14. The molecule has 0 aliphatic heterocycles. The van der Waals surface area contributed by atoms with E-state index in [4.69, 9.17) is 11.6 Å². The summed E-state index contributed by atoms with van der Waals surface area (Å²) in [7, 11) is 0. The zero-order valence-corrected chi connectivity index (χ0v) is 10.2. The number of rotatable bonds is 8. The summed E-state index contributed by atoms with van der Waals surface area (Å²) in [5.41, 5.74) is 0. The van der Waals surface area contributed by atoms with Crippen molar-refractivity contribution in [2.75, 3.05) is 0 Å². The van der Waals surface area contributed by atoms with Gasteiger partial charge in [-0.25, -0.2) is 0 Å². The predicted molar refractivity (Wildman–Crippen MR) is 62.5 cm³/mol. The van der Waals surface area contributed by atoms with E-state index in [-0.39, 0.29) is 0 Å². The third kappa shape index (κ3) is 8.62. The van der Waals surface area contributed by atoms with E-state index < -0.39 is 0 Å². The third-order valence-corrected chi connectivity index (χ3v) is 3.03. The van der Waals surface area contributed by atoms with Crippen LogP contribution in [0.15, 0.2) is 0 Å². The Balaban J connectivity index is 3.23. The van der Waals surface area contributed by atoms with Crippen molar-refractivity contribution in [3.05, 3.63) is 0 Å². The lowest BCUT2D eigenvalue weighted by Crippen LogP contribution is -2.00. The molecule has 0 fully saturated rings. The molecule has 0 rings (SSSR count). The standard InChI is InChI=1S/C12H25Cl/c1-4-7-11(3)9-6-10-12(13)8-5-2/h11-12H,4-10H2,1-3H3. The number of hydrogen-bond donors (Lipinski definition) is 0. The van der Waals surface area contributed by atoms with Gasteiger partial charge in [0.15, 0.2) is 0 Å². The van der Waals surface area contributed by atoms with Crippen LogP contribution in [0.4, 0.5) is 0 Å². The quantitative estimate of drug-likeness (QED) is 0.488. The largest absolute Gasteiger partial charge is 0.123 e. The Kier molecular flexibility index (Phi) is 9.07. The van der Waals surface area contributed by atoms with Gasteiger partial charge in [-0.3, -0.25) is 0 Å². The van der Waals surface area contributed by atoms with Crippen LogP contribution in [0.3, 0.4) is 0 Å². The molecule has 0 aromatic heterocycles. The van der Waals surface area contributed by atoms with Crippen LogP contribution in [0.2, 0.25) is 0 Å². The fourth-order valence-electron chi connectivity index (χ4n) is 1.78. The van der Waals surface area contributed by atoms with Crippen LogP contribution in [0, 0.1) is 5.92 Å². The summed E-state index contributed by atoms with van der Waals surface area (Å²) in [6.45, 7) is 6.82. The molecule has 0 radical (unpaired) electrons. The van der Waals surface area contributed by atoms with Crippen LogP contribution in [-0.2, 0) is 0 Å². The van der Waals surface area contributed by atoms with E-state index in [1.165, 1.54) is 44.9 Å². The second-order valence-corrected chi connectivity index (χ2v) is 4.83. The van der Waals surface area contributed by atoms with Crippen LogP contribution in [-0.4, -0.2) is 5.38 Å². The second-order valence-electron chi connectivity index (χ2n) is 4.21. The number of alkyl halides is 1. The van der Waals surface area contributed by atoms with E-state index >= 15 is 0 Å². The van der Waals surface area contributed by atoms with Gasteiger partial charge in [-0.1, -0.05) is 52.9 Å². The molecule has 0 N–H and O–H groups in total. The average Bonchev–Trinajstić information content (AvgIpc) is 2.05. The topological polar surface area (TPSA) is 0 Å². The molecule has 1 heteroatoms. The van der Waals surface area contributed by atoms with Gasteiger partial charge in [-0.2, -0.15) is 0 Å². The average molecular weight is 205 g/mol. The van der Waals surface area contributed by atoms with Gasteiger partial charge < -0.3 is 0 Å². The lowest BCUT2D eigenvalue weighted by atomic mass is 9.98. The molecule has 0 aliphatic carbocycles. The van der Waals surface area contributed by atoms with E-state index in [1.807, 2.05) is 0 Å². The van der Waals surface area contributed by atoms with Gasteiger partial charge >= 0.3 is 0 Å². The van der Waals surface area contributed by atoms with Gasteiger partial charge in [0.05, 0.1) is 0 Å². The monoisotopic (exact) mass is 204 g/mol. The van der Waals surface area contributed by atoms with Crippen molar-refractivity contribution in [3.63, 3.8) is 0 Å². The van der Waals surface area contributed by atoms with Crippen molar-refractivity contribution in [3.8, 4) is 0 Å². The number of hydrogen-bond acceptors (Lipinski definition) is 0. The Morgan fingerprint density at radius 3 is 2.08 bits per heavy atom. The normalized spacial score (nSPS) is 15.7. The van der Waals surface area contributed by atoms with Crippen molar-refractivity contribution in [1.82, 2.24) is 0 Å². The molecule has 0 aromatic carbocycles. The third-order valence-electron chi connectivity index (χ3n) is 2.60. The summed E-state index contributed by atoms with van der Waals surface area (Å²) in [4.78, 5) is 0. The molecule has 2 atom stereocenters. The van der Waals surface area contributed by atoms with Crippen LogP contribution >= 0.6 is 11.6 Å². The van der Waals surface area contributed by atoms with Crippen molar-refractivity contribution in [2.24, 2.45) is 5.92 Å². The molecule has 0 saturated carbocycles. The van der Waals surface area contributed by atoms with Crippen LogP contribution in [0.25, 0.3) is 0 Å². The maximum absolute atomic E-state index is 6.14.